The third-order valence-electron chi connectivity index (χ3n) is 2.45. The molecule has 2 aromatic heterocycles. The molecule has 6 nitrogen and oxygen atoms in total. The van der Waals surface area contributed by atoms with E-state index in [-0.39, 0.29) is 30.5 Å². The van der Waals surface area contributed by atoms with E-state index < -0.39 is 5.97 Å². The molecule has 0 aliphatic carbocycles. The number of anilines is 1. The van der Waals surface area contributed by atoms with Gasteiger partial charge in [-0.25, -0.2) is 15.0 Å². The number of nitrogens with one attached hydrogen (secondary N) is 1. The van der Waals surface area contributed by atoms with Gasteiger partial charge in [-0.3, -0.25) is 0 Å². The van der Waals surface area contributed by atoms with E-state index in [1.165, 1.54) is 17.5 Å². The zero-order chi connectivity index (χ0) is 13.8. The molecule has 100 valence electrons. The zero-order valence-electron chi connectivity index (χ0n) is 11.6. The third-order valence-corrected chi connectivity index (χ3v) is 3.23. The molecule has 0 aromatic carbocycles. The summed E-state index contributed by atoms with van der Waals surface area (Å²) in [6, 6.07) is 0. The summed E-state index contributed by atoms with van der Waals surface area (Å²) in [5, 5.41) is 16.7. The summed E-state index contributed by atoms with van der Waals surface area (Å²) in [5.74, 6) is -0.679. The maximum atomic E-state index is 10.8. The second-order valence-corrected chi connectivity index (χ2v) is 5.19. The summed E-state index contributed by atoms with van der Waals surface area (Å²) in [6.45, 7) is 4.39. The largest absolute Gasteiger partial charge is 1.00 e. The van der Waals surface area contributed by atoms with Crippen LogP contribution in [0.25, 0.3) is 0 Å². The van der Waals surface area contributed by atoms with Crippen LogP contribution < -0.4 is 29.3 Å². The van der Waals surface area contributed by atoms with Gasteiger partial charge in [-0.2, -0.15) is 0 Å². The van der Waals surface area contributed by atoms with Crippen molar-refractivity contribution in [1.82, 2.24) is 15.0 Å². The average Bonchev–Trinajstić information content (AvgIpc) is 2.89. The quantitative estimate of drug-likeness (QED) is 0.641. The van der Waals surface area contributed by atoms with E-state index in [1.54, 1.807) is 6.20 Å². The minimum absolute atomic E-state index is 0. The van der Waals surface area contributed by atoms with Crippen molar-refractivity contribution in [2.75, 3.05) is 5.32 Å². The molecular formula is C12H13LiN4O2S. The summed E-state index contributed by atoms with van der Waals surface area (Å²) in [4.78, 5) is 23.1. The van der Waals surface area contributed by atoms with Gasteiger partial charge in [-0.15, -0.1) is 11.3 Å². The normalized spacial score (nSPS) is 10.2. The van der Waals surface area contributed by atoms with Gasteiger partial charge in [0.1, 0.15) is 16.5 Å². The van der Waals surface area contributed by atoms with Crippen LogP contribution in [0.15, 0.2) is 17.8 Å². The van der Waals surface area contributed by atoms with Crippen molar-refractivity contribution < 1.29 is 28.8 Å². The first-order valence-corrected chi connectivity index (χ1v) is 6.66. The fourth-order valence-electron chi connectivity index (χ4n) is 1.54. The van der Waals surface area contributed by atoms with Gasteiger partial charge < -0.3 is 15.2 Å². The molecule has 2 aromatic rings. The van der Waals surface area contributed by atoms with E-state index in [4.69, 9.17) is 0 Å². The summed E-state index contributed by atoms with van der Waals surface area (Å²) in [5.41, 5.74) is 0.460. The van der Waals surface area contributed by atoms with Crippen molar-refractivity contribution in [1.29, 1.82) is 0 Å². The molecule has 20 heavy (non-hydrogen) atoms. The molecule has 0 atom stereocenters. The number of aromatic carboxylic acids is 1. The summed E-state index contributed by atoms with van der Waals surface area (Å²) in [7, 11) is 0. The molecule has 8 heteroatoms. The number of hydrogen-bond acceptors (Lipinski definition) is 7. The first-order chi connectivity index (χ1) is 9.08. The van der Waals surface area contributed by atoms with Gasteiger partial charge >= 0.3 is 18.9 Å². The minimum Gasteiger partial charge on any atom is -0.543 e. The predicted octanol–water partition coefficient (Wildman–Crippen LogP) is -1.96. The third kappa shape index (κ3) is 4.03. The first kappa shape index (κ1) is 16.6. The van der Waals surface area contributed by atoms with Crippen molar-refractivity contribution in [3.63, 3.8) is 0 Å². The van der Waals surface area contributed by atoms with E-state index in [9.17, 15) is 9.90 Å². The van der Waals surface area contributed by atoms with Crippen LogP contribution in [-0.4, -0.2) is 20.9 Å². The van der Waals surface area contributed by atoms with E-state index in [2.05, 4.69) is 20.3 Å². The maximum absolute atomic E-state index is 10.8. The molecule has 0 aliphatic heterocycles. The molecule has 0 aliphatic rings. The van der Waals surface area contributed by atoms with Crippen molar-refractivity contribution in [2.24, 2.45) is 0 Å². The van der Waals surface area contributed by atoms with Crippen LogP contribution in [0.2, 0.25) is 0 Å². The van der Waals surface area contributed by atoms with Crippen LogP contribution >= 0.6 is 11.3 Å². The fraction of sp³-hybridized carbons (Fsp3) is 0.333. The smallest absolute Gasteiger partial charge is 0.543 e. The molecule has 0 unspecified atom stereocenters. The molecule has 0 radical (unpaired) electrons. The van der Waals surface area contributed by atoms with Gasteiger partial charge in [-0.05, 0) is 5.92 Å². The first-order valence-electron chi connectivity index (χ1n) is 5.78. The van der Waals surface area contributed by atoms with Gasteiger partial charge in [0.05, 0.1) is 24.4 Å². The maximum Gasteiger partial charge on any atom is 1.00 e. The number of carboxylic acids is 1. The summed E-state index contributed by atoms with van der Waals surface area (Å²) < 4.78 is 0. The van der Waals surface area contributed by atoms with Crippen LogP contribution in [0.5, 0.6) is 0 Å². The van der Waals surface area contributed by atoms with E-state index in [0.29, 0.717) is 18.1 Å². The number of carboxylic acid groups (broad SMARTS) is 1. The van der Waals surface area contributed by atoms with Crippen molar-refractivity contribution in [3.8, 4) is 0 Å². The minimum atomic E-state index is -1.32. The number of aromatic nitrogens is 3. The number of thiazole rings is 1. The van der Waals surface area contributed by atoms with Gasteiger partial charge in [0, 0.05) is 11.6 Å². The van der Waals surface area contributed by atoms with Gasteiger partial charge in [0.15, 0.2) is 0 Å². The van der Waals surface area contributed by atoms with E-state index in [1.807, 2.05) is 19.2 Å². The van der Waals surface area contributed by atoms with Crippen molar-refractivity contribution in [2.45, 2.75) is 26.3 Å². The van der Waals surface area contributed by atoms with Gasteiger partial charge in [0.25, 0.3) is 0 Å². The molecular weight excluding hydrogens is 271 g/mol. The molecule has 1 N–H and O–H groups in total. The standard InChI is InChI=1S/C12H14N4O2S.Li/c1-7(2)10-11(14-5-8(16-10)12(17)18)15-6-9-13-3-4-19-9;/h3-5,7H,6H2,1-2H3,(H,14,15)(H,17,18);/q;+1/p-1. The van der Waals surface area contributed by atoms with Crippen LogP contribution in [0.4, 0.5) is 5.82 Å². The fourth-order valence-corrected chi connectivity index (χ4v) is 2.10. The molecule has 2 rings (SSSR count). The number of rotatable bonds is 5. The Labute approximate surface area is 132 Å². The Morgan fingerprint density at radius 1 is 1.45 bits per heavy atom. The Morgan fingerprint density at radius 3 is 2.75 bits per heavy atom. The Bertz CT molecular complexity index is 575. The van der Waals surface area contributed by atoms with Crippen LogP contribution in [0, 0.1) is 0 Å². The number of hydrogen-bond donors (Lipinski definition) is 1. The number of carbonyl (C=O) groups is 1. The average molecular weight is 284 g/mol. The SMILES string of the molecule is CC(C)c1nc(C(=O)[O-])cnc1NCc1nccs1.[Li+]. The molecule has 2 heterocycles. The number of nitrogens with zero attached hydrogens (tertiary/aromatic N) is 3. The van der Waals surface area contributed by atoms with Crippen molar-refractivity contribution >= 4 is 23.1 Å². The molecule has 0 amide bonds. The molecule has 0 fully saturated rings. The molecule has 0 spiro atoms. The molecule has 0 saturated heterocycles. The Kier molecular flexibility index (Phi) is 6.14. The van der Waals surface area contributed by atoms with Crippen LogP contribution in [0.3, 0.4) is 0 Å². The van der Waals surface area contributed by atoms with Gasteiger partial charge in [-0.1, -0.05) is 13.8 Å². The summed E-state index contributed by atoms with van der Waals surface area (Å²) >= 11 is 1.54. The molecule has 0 saturated carbocycles. The molecule has 0 bridgehead atoms. The van der Waals surface area contributed by atoms with E-state index in [0.717, 1.165) is 5.01 Å². The Morgan fingerprint density at radius 2 is 2.20 bits per heavy atom. The topological polar surface area (TPSA) is 90.8 Å². The van der Waals surface area contributed by atoms with Crippen LogP contribution in [0.1, 0.15) is 41.0 Å². The summed E-state index contributed by atoms with van der Waals surface area (Å²) in [6.07, 6.45) is 2.93. The Hall–Kier alpha value is -1.42. The van der Waals surface area contributed by atoms with E-state index >= 15 is 0 Å². The van der Waals surface area contributed by atoms with Gasteiger partial charge in [0.2, 0.25) is 0 Å². The second kappa shape index (κ2) is 7.38. The van der Waals surface area contributed by atoms with Crippen molar-refractivity contribution in [3.05, 3.63) is 34.2 Å². The second-order valence-electron chi connectivity index (χ2n) is 4.21. The Balaban J connectivity index is 0.00000200. The number of carbonyl (C=O) groups excluding carboxylic acids is 1. The monoisotopic (exact) mass is 284 g/mol. The van der Waals surface area contributed by atoms with Crippen LogP contribution in [-0.2, 0) is 6.54 Å². The predicted molar refractivity (Wildman–Crippen MR) is 69.9 cm³/mol. The zero-order valence-corrected chi connectivity index (χ0v) is 12.4.